The molecule has 6 rings (SSSR count). The lowest BCUT2D eigenvalue weighted by atomic mass is 9.69. The van der Waals surface area contributed by atoms with Crippen molar-refractivity contribution >= 4 is 0 Å². The van der Waals surface area contributed by atoms with Gasteiger partial charge in [-0.05, 0) is 90.4 Å². The minimum absolute atomic E-state index is 0.277. The van der Waals surface area contributed by atoms with Gasteiger partial charge in [-0.25, -0.2) is 0 Å². The van der Waals surface area contributed by atoms with Crippen molar-refractivity contribution in [2.75, 3.05) is 0 Å². The molecule has 0 unspecified atom stereocenters. The predicted molar refractivity (Wildman–Crippen MR) is 159 cm³/mol. The maximum absolute atomic E-state index is 2.54. The van der Waals surface area contributed by atoms with Gasteiger partial charge in [-0.15, -0.1) is 0 Å². The fourth-order valence-electron chi connectivity index (χ4n) is 6.73. The summed E-state index contributed by atoms with van der Waals surface area (Å²) in [5, 5.41) is 0. The average molecular weight is 485 g/mol. The highest BCUT2D eigenvalue weighted by molar-refractivity contribution is 5.95. The maximum Gasteiger partial charge on any atom is 0.0725 e. The number of hydrogen-bond donors (Lipinski definition) is 0. The Bertz CT molecular complexity index is 1290. The molecule has 0 heterocycles. The van der Waals surface area contributed by atoms with Crippen molar-refractivity contribution in [2.24, 2.45) is 0 Å². The zero-order valence-corrected chi connectivity index (χ0v) is 23.7. The maximum atomic E-state index is 2.54. The molecule has 1 spiro atoms. The Morgan fingerprint density at radius 1 is 0.351 bits per heavy atom. The molecule has 0 fully saturated rings. The third kappa shape index (κ3) is 3.34. The summed E-state index contributed by atoms with van der Waals surface area (Å²) in [4.78, 5) is 0. The molecule has 0 saturated heterocycles. The minimum Gasteiger partial charge on any atom is -0.0587 e. The Morgan fingerprint density at radius 2 is 0.568 bits per heavy atom. The summed E-state index contributed by atoms with van der Waals surface area (Å²) in [5.74, 6) is 1.95. The molecule has 0 bridgehead atoms. The standard InChI is InChI=1S/C37H40/c1-21(2)25-9-13-29-30-14-10-26(22(3)4)18-34(30)37(33(29)17-25)35-19-27(23(5)6)11-15-31(35)32-16-12-28(24(7)8)20-36(32)37/h9-24H,1-8H3. The summed E-state index contributed by atoms with van der Waals surface area (Å²) in [6.45, 7) is 18.5. The summed E-state index contributed by atoms with van der Waals surface area (Å²) in [6, 6.07) is 29.2. The van der Waals surface area contributed by atoms with Crippen molar-refractivity contribution in [3.63, 3.8) is 0 Å². The molecule has 2 aliphatic rings. The predicted octanol–water partition coefficient (Wildman–Crippen LogP) is 10.5. The highest BCUT2D eigenvalue weighted by Gasteiger charge is 2.52. The summed E-state index contributed by atoms with van der Waals surface area (Å²) in [7, 11) is 0. The first-order valence-electron chi connectivity index (χ1n) is 14.2. The molecule has 0 nitrogen and oxygen atoms in total. The van der Waals surface area contributed by atoms with Gasteiger partial charge in [0, 0.05) is 0 Å². The van der Waals surface area contributed by atoms with Gasteiger partial charge in [0.15, 0.2) is 0 Å². The summed E-state index contributed by atoms with van der Waals surface area (Å²) < 4.78 is 0. The van der Waals surface area contributed by atoms with Crippen LogP contribution in [0.5, 0.6) is 0 Å². The molecule has 4 aromatic carbocycles. The molecule has 0 N–H and O–H groups in total. The van der Waals surface area contributed by atoms with Crippen molar-refractivity contribution < 1.29 is 0 Å². The quantitative estimate of drug-likeness (QED) is 0.233. The van der Waals surface area contributed by atoms with Crippen LogP contribution in [0.15, 0.2) is 72.8 Å². The van der Waals surface area contributed by atoms with Crippen LogP contribution in [0.4, 0.5) is 0 Å². The average Bonchev–Trinajstić information content (AvgIpc) is 3.33. The second-order valence-electron chi connectivity index (χ2n) is 12.6. The smallest absolute Gasteiger partial charge is 0.0587 e. The van der Waals surface area contributed by atoms with Crippen molar-refractivity contribution in [1.29, 1.82) is 0 Å². The monoisotopic (exact) mass is 484 g/mol. The van der Waals surface area contributed by atoms with E-state index in [1.54, 1.807) is 0 Å². The molecule has 4 aromatic rings. The largest absolute Gasteiger partial charge is 0.0725 e. The lowest BCUT2D eigenvalue weighted by Gasteiger charge is -2.32. The van der Waals surface area contributed by atoms with Crippen LogP contribution >= 0.6 is 0 Å². The van der Waals surface area contributed by atoms with Gasteiger partial charge >= 0.3 is 0 Å². The van der Waals surface area contributed by atoms with Crippen molar-refractivity contribution in [2.45, 2.75) is 84.5 Å². The van der Waals surface area contributed by atoms with E-state index in [1.807, 2.05) is 0 Å². The zero-order valence-electron chi connectivity index (χ0n) is 23.7. The van der Waals surface area contributed by atoms with Gasteiger partial charge in [0.1, 0.15) is 0 Å². The highest BCUT2D eigenvalue weighted by Crippen LogP contribution is 2.63. The SMILES string of the molecule is CC(C)c1ccc2c(c1)C1(c3cc(C(C)C)ccc3-2)c2cc(C(C)C)ccc2-c2ccc(C(C)C)cc21. The van der Waals surface area contributed by atoms with E-state index in [9.17, 15) is 0 Å². The lowest BCUT2D eigenvalue weighted by molar-refractivity contribution is 0.765. The summed E-state index contributed by atoms with van der Waals surface area (Å²) >= 11 is 0. The Kier molecular flexibility index (Phi) is 5.53. The molecule has 0 aliphatic heterocycles. The second-order valence-corrected chi connectivity index (χ2v) is 12.6. The van der Waals surface area contributed by atoms with Crippen LogP contribution in [-0.4, -0.2) is 0 Å². The van der Waals surface area contributed by atoms with Gasteiger partial charge in [0.25, 0.3) is 0 Å². The molecule has 0 saturated carbocycles. The van der Waals surface area contributed by atoms with Gasteiger partial charge in [0.05, 0.1) is 5.41 Å². The minimum atomic E-state index is -0.277. The van der Waals surface area contributed by atoms with Crippen molar-refractivity contribution in [1.82, 2.24) is 0 Å². The lowest BCUT2D eigenvalue weighted by Crippen LogP contribution is -2.27. The molecule has 0 radical (unpaired) electrons. The first-order chi connectivity index (χ1) is 17.6. The third-order valence-electron chi connectivity index (χ3n) is 9.04. The number of rotatable bonds is 4. The molecule has 0 amide bonds. The summed E-state index contributed by atoms with van der Waals surface area (Å²) in [5.41, 5.74) is 16.9. The van der Waals surface area contributed by atoms with Gasteiger partial charge < -0.3 is 0 Å². The topological polar surface area (TPSA) is 0 Å². The van der Waals surface area contributed by atoms with Gasteiger partial charge in [-0.2, -0.15) is 0 Å². The Hall–Kier alpha value is -3.12. The highest BCUT2D eigenvalue weighted by atomic mass is 14.5. The van der Waals surface area contributed by atoms with E-state index >= 15 is 0 Å². The fourth-order valence-corrected chi connectivity index (χ4v) is 6.73. The van der Waals surface area contributed by atoms with Crippen molar-refractivity contribution in [3.8, 4) is 22.3 Å². The van der Waals surface area contributed by atoms with Crippen LogP contribution in [0.3, 0.4) is 0 Å². The van der Waals surface area contributed by atoms with Crippen LogP contribution in [0.1, 0.15) is 124 Å². The molecular weight excluding hydrogens is 444 g/mol. The van der Waals surface area contributed by atoms with Gasteiger partial charge in [-0.3, -0.25) is 0 Å². The van der Waals surface area contributed by atoms with Crippen LogP contribution in [0.2, 0.25) is 0 Å². The van der Waals surface area contributed by atoms with E-state index in [-0.39, 0.29) is 5.41 Å². The van der Waals surface area contributed by atoms with Gasteiger partial charge in [-0.1, -0.05) is 128 Å². The van der Waals surface area contributed by atoms with Crippen molar-refractivity contribution in [3.05, 3.63) is 117 Å². The second kappa shape index (κ2) is 8.45. The van der Waals surface area contributed by atoms with Crippen LogP contribution < -0.4 is 0 Å². The fraction of sp³-hybridized carbons (Fsp3) is 0.351. The van der Waals surface area contributed by atoms with E-state index in [0.717, 1.165) is 0 Å². The Balaban J connectivity index is 1.81. The Labute approximate surface area is 223 Å². The molecule has 0 aromatic heterocycles. The van der Waals surface area contributed by atoms with Gasteiger partial charge in [0.2, 0.25) is 0 Å². The summed E-state index contributed by atoms with van der Waals surface area (Å²) in [6.07, 6.45) is 0. The van der Waals surface area contributed by atoms with Crippen LogP contribution in [-0.2, 0) is 5.41 Å². The van der Waals surface area contributed by atoms with Crippen LogP contribution in [0, 0.1) is 0 Å². The molecular formula is C37H40. The van der Waals surface area contributed by atoms with Crippen LogP contribution in [0.25, 0.3) is 22.3 Å². The molecule has 2 aliphatic carbocycles. The Morgan fingerprint density at radius 3 is 0.757 bits per heavy atom. The molecule has 0 atom stereocenters. The number of fused-ring (bicyclic) bond motifs is 10. The zero-order chi connectivity index (χ0) is 26.2. The van der Waals surface area contributed by atoms with E-state index in [0.29, 0.717) is 23.7 Å². The normalized spacial score (nSPS) is 14.6. The first kappa shape index (κ1) is 24.2. The van der Waals surface area contributed by atoms with E-state index in [4.69, 9.17) is 0 Å². The number of hydrogen-bond acceptors (Lipinski definition) is 0. The van der Waals surface area contributed by atoms with E-state index in [2.05, 4.69) is 128 Å². The van der Waals surface area contributed by atoms with E-state index in [1.165, 1.54) is 66.8 Å². The molecule has 188 valence electrons. The first-order valence-corrected chi connectivity index (χ1v) is 14.2. The number of benzene rings is 4. The molecule has 37 heavy (non-hydrogen) atoms. The van der Waals surface area contributed by atoms with E-state index < -0.39 is 0 Å². The molecule has 0 heteroatoms. The third-order valence-corrected chi connectivity index (χ3v) is 9.04.